The van der Waals surface area contributed by atoms with Gasteiger partial charge in [0.15, 0.2) is 0 Å². The molecule has 0 spiro atoms. The zero-order valence-corrected chi connectivity index (χ0v) is 16.1. The van der Waals surface area contributed by atoms with Gasteiger partial charge in [-0.25, -0.2) is 10.9 Å². The molecule has 7 heteroatoms. The highest BCUT2D eigenvalue weighted by Crippen LogP contribution is 2.26. The van der Waals surface area contributed by atoms with E-state index in [2.05, 4.69) is 10.9 Å². The van der Waals surface area contributed by atoms with Crippen molar-refractivity contribution in [3.8, 4) is 11.5 Å². The smallest absolute Gasteiger partial charge is 0.241 e. The predicted molar refractivity (Wildman–Crippen MR) is 106 cm³/mol. The summed E-state index contributed by atoms with van der Waals surface area (Å²) in [5.41, 5.74) is 7.88. The lowest BCUT2D eigenvalue weighted by Gasteiger charge is -2.26. The lowest BCUT2D eigenvalue weighted by Crippen LogP contribution is -2.46. The highest BCUT2D eigenvalue weighted by molar-refractivity contribution is 5.82. The number of phenols is 1. The van der Waals surface area contributed by atoms with Gasteiger partial charge in [-0.05, 0) is 48.7 Å². The Morgan fingerprint density at radius 2 is 2.04 bits per heavy atom. The van der Waals surface area contributed by atoms with Crippen LogP contribution in [0.4, 0.5) is 0 Å². The summed E-state index contributed by atoms with van der Waals surface area (Å²) in [6, 6.07) is 13.8. The molecule has 2 aromatic rings. The van der Waals surface area contributed by atoms with Crippen LogP contribution in [0.1, 0.15) is 36.6 Å². The summed E-state index contributed by atoms with van der Waals surface area (Å²) >= 11 is 0. The van der Waals surface area contributed by atoms with Crippen LogP contribution in [0.15, 0.2) is 48.5 Å². The topological polar surface area (TPSA) is 94.1 Å². The van der Waals surface area contributed by atoms with Gasteiger partial charge in [0.25, 0.3) is 0 Å². The average Bonchev–Trinajstić information content (AvgIpc) is 3.21. The van der Waals surface area contributed by atoms with Gasteiger partial charge >= 0.3 is 0 Å². The standard InChI is InChI=1S/C21H27N3O4/c1-3-24(13-20(26)15-7-4-8-16(25)10-15)21(27)19-12-18(22-23-19)14-6-5-9-17(11-14)28-2/h4-11,18-20,22-23,25-26H,3,12-13H2,1-2H3. The molecule has 0 radical (unpaired) electrons. The predicted octanol–water partition coefficient (Wildman–Crippen LogP) is 1.89. The number of hydrogen-bond donors (Lipinski definition) is 4. The van der Waals surface area contributed by atoms with E-state index in [9.17, 15) is 15.0 Å². The summed E-state index contributed by atoms with van der Waals surface area (Å²) < 4.78 is 5.27. The van der Waals surface area contributed by atoms with E-state index in [4.69, 9.17) is 4.74 Å². The zero-order valence-electron chi connectivity index (χ0n) is 16.1. The first-order valence-electron chi connectivity index (χ1n) is 9.42. The third-order valence-corrected chi connectivity index (χ3v) is 5.04. The number of rotatable bonds is 7. The second-order valence-electron chi connectivity index (χ2n) is 6.89. The van der Waals surface area contributed by atoms with Crippen molar-refractivity contribution in [3.05, 3.63) is 59.7 Å². The van der Waals surface area contributed by atoms with E-state index in [1.165, 1.54) is 6.07 Å². The molecular weight excluding hydrogens is 358 g/mol. The van der Waals surface area contributed by atoms with Crippen LogP contribution >= 0.6 is 0 Å². The molecule has 1 heterocycles. The van der Waals surface area contributed by atoms with Crippen molar-refractivity contribution in [3.63, 3.8) is 0 Å². The highest BCUT2D eigenvalue weighted by atomic mass is 16.5. The molecule has 1 aliphatic rings. The molecule has 1 aliphatic heterocycles. The Hall–Kier alpha value is -2.61. The Balaban J connectivity index is 1.63. The second-order valence-corrected chi connectivity index (χ2v) is 6.89. The van der Waals surface area contributed by atoms with Gasteiger partial charge in [0.05, 0.1) is 19.8 Å². The number of ether oxygens (including phenoxy) is 1. The van der Waals surface area contributed by atoms with Crippen LogP contribution in [0.25, 0.3) is 0 Å². The summed E-state index contributed by atoms with van der Waals surface area (Å²) in [4.78, 5) is 14.6. The van der Waals surface area contributed by atoms with Gasteiger partial charge in [-0.2, -0.15) is 0 Å². The van der Waals surface area contributed by atoms with Crippen LogP contribution in [0.3, 0.4) is 0 Å². The number of carbonyl (C=O) groups excluding carboxylic acids is 1. The molecular formula is C21H27N3O4. The number of benzene rings is 2. The molecule has 2 aromatic carbocycles. The molecule has 0 aliphatic carbocycles. The normalized spacial score (nSPS) is 20.0. The van der Waals surface area contributed by atoms with E-state index in [0.29, 0.717) is 18.5 Å². The van der Waals surface area contributed by atoms with Gasteiger partial charge in [0, 0.05) is 12.6 Å². The number of amides is 1. The lowest BCUT2D eigenvalue weighted by atomic mass is 10.0. The Labute approximate surface area is 164 Å². The monoisotopic (exact) mass is 385 g/mol. The van der Waals surface area contributed by atoms with Crippen LogP contribution in [0.5, 0.6) is 11.5 Å². The Bertz CT molecular complexity index is 814. The van der Waals surface area contributed by atoms with Crippen molar-refractivity contribution in [2.24, 2.45) is 0 Å². The Morgan fingerprint density at radius 1 is 1.25 bits per heavy atom. The number of carbonyl (C=O) groups is 1. The van der Waals surface area contributed by atoms with E-state index in [1.54, 1.807) is 30.2 Å². The minimum Gasteiger partial charge on any atom is -0.508 e. The molecule has 0 aromatic heterocycles. The van der Waals surface area contributed by atoms with Crippen LogP contribution < -0.4 is 15.6 Å². The molecule has 3 rings (SSSR count). The number of phenolic OH excluding ortho intramolecular Hbond substituents is 1. The molecule has 1 fully saturated rings. The SMILES string of the molecule is CCN(CC(O)c1cccc(O)c1)C(=O)C1CC(c2cccc(OC)c2)NN1. The van der Waals surface area contributed by atoms with Crippen LogP contribution in [0, 0.1) is 0 Å². The van der Waals surface area contributed by atoms with Gasteiger partial charge in [-0.1, -0.05) is 24.3 Å². The molecule has 0 saturated carbocycles. The van der Waals surface area contributed by atoms with Gasteiger partial charge in [0.1, 0.15) is 17.5 Å². The number of likely N-dealkylation sites (N-methyl/N-ethyl adjacent to an activating group) is 1. The van der Waals surface area contributed by atoms with E-state index in [-0.39, 0.29) is 30.3 Å². The second kappa shape index (κ2) is 9.05. The van der Waals surface area contributed by atoms with Gasteiger partial charge in [-0.15, -0.1) is 0 Å². The number of nitrogens with zero attached hydrogens (tertiary/aromatic N) is 1. The fourth-order valence-corrected chi connectivity index (χ4v) is 3.44. The summed E-state index contributed by atoms with van der Waals surface area (Å²) in [6.45, 7) is 2.53. The van der Waals surface area contributed by atoms with E-state index >= 15 is 0 Å². The summed E-state index contributed by atoms with van der Waals surface area (Å²) in [5.74, 6) is 0.798. The van der Waals surface area contributed by atoms with Gasteiger partial charge in [0.2, 0.25) is 5.91 Å². The number of nitrogens with one attached hydrogen (secondary N) is 2. The van der Waals surface area contributed by atoms with Crippen molar-refractivity contribution in [1.29, 1.82) is 0 Å². The minimum absolute atomic E-state index is 0.00116. The molecule has 1 amide bonds. The van der Waals surface area contributed by atoms with Crippen LogP contribution in [-0.4, -0.2) is 47.3 Å². The van der Waals surface area contributed by atoms with Crippen molar-refractivity contribution in [1.82, 2.24) is 15.8 Å². The fourth-order valence-electron chi connectivity index (χ4n) is 3.44. The molecule has 7 nitrogen and oxygen atoms in total. The molecule has 3 atom stereocenters. The number of aromatic hydroxyl groups is 1. The number of hydrazine groups is 1. The average molecular weight is 385 g/mol. The largest absolute Gasteiger partial charge is 0.508 e. The summed E-state index contributed by atoms with van der Waals surface area (Å²) in [6.07, 6.45) is -0.260. The summed E-state index contributed by atoms with van der Waals surface area (Å²) in [5, 5.41) is 20.1. The maximum Gasteiger partial charge on any atom is 0.241 e. The number of aliphatic hydroxyl groups excluding tert-OH is 1. The number of methoxy groups -OCH3 is 1. The summed E-state index contributed by atoms with van der Waals surface area (Å²) in [7, 11) is 1.63. The quantitative estimate of drug-likeness (QED) is 0.582. The maximum absolute atomic E-state index is 12.9. The fraction of sp³-hybridized carbons (Fsp3) is 0.381. The highest BCUT2D eigenvalue weighted by Gasteiger charge is 2.33. The Kier molecular flexibility index (Phi) is 6.51. The van der Waals surface area contributed by atoms with Gasteiger partial charge < -0.3 is 19.8 Å². The van der Waals surface area contributed by atoms with Crippen molar-refractivity contribution >= 4 is 5.91 Å². The van der Waals surface area contributed by atoms with Crippen molar-refractivity contribution < 1.29 is 19.7 Å². The number of aliphatic hydroxyl groups is 1. The van der Waals surface area contributed by atoms with Gasteiger partial charge in [-0.3, -0.25) is 4.79 Å². The van der Waals surface area contributed by atoms with Crippen LogP contribution in [0.2, 0.25) is 0 Å². The Morgan fingerprint density at radius 3 is 2.75 bits per heavy atom. The first-order chi connectivity index (χ1) is 13.5. The van der Waals surface area contributed by atoms with Crippen molar-refractivity contribution in [2.75, 3.05) is 20.2 Å². The van der Waals surface area contributed by atoms with E-state index < -0.39 is 6.10 Å². The van der Waals surface area contributed by atoms with E-state index in [0.717, 1.165) is 11.3 Å². The van der Waals surface area contributed by atoms with Crippen molar-refractivity contribution in [2.45, 2.75) is 31.5 Å². The minimum atomic E-state index is -0.862. The molecule has 4 N–H and O–H groups in total. The zero-order chi connectivity index (χ0) is 20.1. The molecule has 28 heavy (non-hydrogen) atoms. The molecule has 1 saturated heterocycles. The first kappa shape index (κ1) is 20.1. The third kappa shape index (κ3) is 4.62. The number of hydrogen-bond acceptors (Lipinski definition) is 6. The van der Waals surface area contributed by atoms with Crippen LogP contribution in [-0.2, 0) is 4.79 Å². The van der Waals surface area contributed by atoms with E-state index in [1.807, 2.05) is 31.2 Å². The molecule has 150 valence electrons. The third-order valence-electron chi connectivity index (χ3n) is 5.04. The first-order valence-corrected chi connectivity index (χ1v) is 9.42. The maximum atomic E-state index is 12.9. The molecule has 0 bridgehead atoms. The lowest BCUT2D eigenvalue weighted by molar-refractivity contribution is -0.134. The molecule has 3 unspecified atom stereocenters.